The van der Waals surface area contributed by atoms with Crippen LogP contribution in [0.25, 0.3) is 22.0 Å². The van der Waals surface area contributed by atoms with Gasteiger partial charge >= 0.3 is 0 Å². The Labute approximate surface area is 218 Å². The van der Waals surface area contributed by atoms with E-state index in [0.29, 0.717) is 18.4 Å². The number of nitrogens with zero attached hydrogens (tertiary/aromatic N) is 4. The Kier molecular flexibility index (Phi) is 6.65. The second-order valence-electron chi connectivity index (χ2n) is 8.75. The third-order valence-electron chi connectivity index (χ3n) is 6.27. The van der Waals surface area contributed by atoms with E-state index >= 15 is 0 Å². The summed E-state index contributed by atoms with van der Waals surface area (Å²) in [5.41, 5.74) is 3.03. The van der Waals surface area contributed by atoms with E-state index < -0.39 is 0 Å². The molecule has 0 unspecified atom stereocenters. The van der Waals surface area contributed by atoms with Crippen molar-refractivity contribution in [1.82, 2.24) is 19.7 Å². The number of rotatable bonds is 9. The zero-order chi connectivity index (χ0) is 24.3. The number of hydrogen-bond acceptors (Lipinski definition) is 8. The zero-order valence-corrected chi connectivity index (χ0v) is 21.4. The lowest BCUT2D eigenvalue weighted by molar-refractivity contribution is 0.174. The Bertz CT molecular complexity index is 1360. The Morgan fingerprint density at radius 1 is 1.06 bits per heavy atom. The molecule has 4 aromatic rings. The van der Waals surface area contributed by atoms with Crippen molar-refractivity contribution in [2.45, 2.75) is 49.2 Å². The van der Waals surface area contributed by atoms with Gasteiger partial charge in [0, 0.05) is 28.8 Å². The molecule has 0 N–H and O–H groups in total. The molecule has 2 aromatic carbocycles. The monoisotopic (exact) mass is 518 g/mol. The summed E-state index contributed by atoms with van der Waals surface area (Å²) in [5, 5.41) is 12.9. The Morgan fingerprint density at radius 3 is 2.69 bits per heavy atom. The molecule has 0 atom stereocenters. The van der Waals surface area contributed by atoms with Gasteiger partial charge in [-0.2, -0.15) is 0 Å². The number of benzene rings is 2. The SMILES string of the molecule is C=CCn1c(SCc2csc(-c3ccc4c(c3)OCO4)n2)nnc1-c1ccc(OC2CCCC2)cc1. The van der Waals surface area contributed by atoms with Gasteiger partial charge < -0.3 is 14.2 Å². The maximum Gasteiger partial charge on any atom is 0.231 e. The van der Waals surface area contributed by atoms with E-state index in [1.54, 1.807) is 23.1 Å². The highest BCUT2D eigenvalue weighted by molar-refractivity contribution is 7.98. The Morgan fingerprint density at radius 2 is 1.86 bits per heavy atom. The first-order valence-corrected chi connectivity index (χ1v) is 13.9. The van der Waals surface area contributed by atoms with Crippen molar-refractivity contribution >= 4 is 23.1 Å². The molecule has 1 aliphatic heterocycles. The van der Waals surface area contributed by atoms with E-state index in [1.807, 2.05) is 36.4 Å². The average molecular weight is 519 g/mol. The molecule has 2 aromatic heterocycles. The Balaban J connectivity index is 1.15. The second-order valence-corrected chi connectivity index (χ2v) is 10.6. The molecule has 184 valence electrons. The largest absolute Gasteiger partial charge is 0.490 e. The number of thiazole rings is 1. The fourth-order valence-electron chi connectivity index (χ4n) is 4.46. The lowest BCUT2D eigenvalue weighted by Crippen LogP contribution is -2.10. The minimum Gasteiger partial charge on any atom is -0.490 e. The number of ether oxygens (including phenoxy) is 3. The number of hydrogen-bond donors (Lipinski definition) is 0. The van der Waals surface area contributed by atoms with E-state index in [-0.39, 0.29) is 6.79 Å². The van der Waals surface area contributed by atoms with Gasteiger partial charge in [0.05, 0.1) is 11.8 Å². The maximum atomic E-state index is 6.11. The molecule has 0 amide bonds. The number of fused-ring (bicyclic) bond motifs is 1. The highest BCUT2D eigenvalue weighted by Crippen LogP contribution is 2.37. The van der Waals surface area contributed by atoms with Crippen LogP contribution in [0.2, 0.25) is 0 Å². The van der Waals surface area contributed by atoms with Crippen molar-refractivity contribution in [2.24, 2.45) is 0 Å². The van der Waals surface area contributed by atoms with Crippen LogP contribution in [-0.2, 0) is 12.3 Å². The van der Waals surface area contributed by atoms with Crippen molar-refractivity contribution < 1.29 is 14.2 Å². The van der Waals surface area contributed by atoms with Crippen LogP contribution in [0.5, 0.6) is 17.2 Å². The summed E-state index contributed by atoms with van der Waals surface area (Å²) < 4.78 is 19.1. The van der Waals surface area contributed by atoms with Gasteiger partial charge in [0.25, 0.3) is 0 Å². The Hall–Kier alpha value is -3.30. The van der Waals surface area contributed by atoms with Crippen molar-refractivity contribution in [3.05, 3.63) is 66.2 Å². The molecule has 0 saturated heterocycles. The van der Waals surface area contributed by atoms with Crippen LogP contribution >= 0.6 is 23.1 Å². The lowest BCUT2D eigenvalue weighted by Gasteiger charge is -2.13. The van der Waals surface area contributed by atoms with Crippen LogP contribution < -0.4 is 14.2 Å². The summed E-state index contributed by atoms with van der Waals surface area (Å²) in [6.07, 6.45) is 7.03. The van der Waals surface area contributed by atoms with Gasteiger partial charge in [-0.05, 0) is 68.1 Å². The van der Waals surface area contributed by atoms with E-state index in [4.69, 9.17) is 19.2 Å². The van der Waals surface area contributed by atoms with Gasteiger partial charge in [-0.3, -0.25) is 4.57 Å². The highest BCUT2D eigenvalue weighted by Gasteiger charge is 2.19. The normalized spacial score (nSPS) is 14.9. The number of thioether (sulfide) groups is 1. The molecule has 6 rings (SSSR count). The molecule has 2 aliphatic rings. The second kappa shape index (κ2) is 10.4. The topological polar surface area (TPSA) is 71.3 Å². The van der Waals surface area contributed by atoms with Crippen molar-refractivity contribution in [3.63, 3.8) is 0 Å². The van der Waals surface area contributed by atoms with Crippen LogP contribution in [0.3, 0.4) is 0 Å². The third kappa shape index (κ3) is 4.85. The van der Waals surface area contributed by atoms with Crippen molar-refractivity contribution in [1.29, 1.82) is 0 Å². The molecule has 0 spiro atoms. The van der Waals surface area contributed by atoms with Crippen molar-refractivity contribution in [3.8, 4) is 39.2 Å². The van der Waals surface area contributed by atoms with Crippen LogP contribution in [0.1, 0.15) is 31.4 Å². The first-order chi connectivity index (χ1) is 17.8. The molecule has 7 nitrogen and oxygen atoms in total. The first kappa shape index (κ1) is 23.1. The van der Waals surface area contributed by atoms with Crippen LogP contribution in [0.4, 0.5) is 0 Å². The summed E-state index contributed by atoms with van der Waals surface area (Å²) in [5.74, 6) is 3.98. The van der Waals surface area contributed by atoms with E-state index in [2.05, 4.69) is 38.9 Å². The summed E-state index contributed by atoms with van der Waals surface area (Å²) in [4.78, 5) is 4.82. The van der Waals surface area contributed by atoms with E-state index in [1.165, 1.54) is 12.8 Å². The molecule has 0 radical (unpaired) electrons. The highest BCUT2D eigenvalue weighted by atomic mass is 32.2. The number of allylic oxidation sites excluding steroid dienone is 1. The van der Waals surface area contributed by atoms with E-state index in [0.717, 1.165) is 62.9 Å². The number of aromatic nitrogens is 4. The molecule has 1 aliphatic carbocycles. The third-order valence-corrected chi connectivity index (χ3v) is 8.21. The summed E-state index contributed by atoms with van der Waals surface area (Å²) >= 11 is 3.25. The standard InChI is InChI=1S/C27H26N4O3S2/c1-2-13-31-25(18-7-10-22(11-8-18)34-21-5-3-4-6-21)29-30-27(31)36-16-20-15-35-26(28-20)19-9-12-23-24(14-19)33-17-32-23/h2,7-12,14-15,21H,1,3-6,13,16-17H2. The van der Waals surface area contributed by atoms with Gasteiger partial charge in [-0.25, -0.2) is 4.98 Å². The molecular formula is C27H26N4O3S2. The average Bonchev–Trinajstić information content (AvgIpc) is 3.71. The molecule has 3 heterocycles. The van der Waals surface area contributed by atoms with Gasteiger partial charge in [0.1, 0.15) is 10.8 Å². The molecule has 1 saturated carbocycles. The predicted octanol–water partition coefficient (Wildman–Crippen LogP) is 6.60. The molecular weight excluding hydrogens is 492 g/mol. The molecule has 36 heavy (non-hydrogen) atoms. The smallest absolute Gasteiger partial charge is 0.231 e. The van der Waals surface area contributed by atoms with Crippen molar-refractivity contribution in [2.75, 3.05) is 6.79 Å². The minimum atomic E-state index is 0.268. The summed E-state index contributed by atoms with van der Waals surface area (Å²) in [7, 11) is 0. The first-order valence-electron chi connectivity index (χ1n) is 12.1. The van der Waals surface area contributed by atoms with Gasteiger partial charge in [0.15, 0.2) is 22.5 Å². The quantitative estimate of drug-likeness (QED) is 0.183. The molecule has 1 fully saturated rings. The van der Waals surface area contributed by atoms with E-state index in [9.17, 15) is 0 Å². The fraction of sp³-hybridized carbons (Fsp3) is 0.296. The van der Waals surface area contributed by atoms with Crippen LogP contribution in [-0.4, -0.2) is 32.6 Å². The maximum absolute atomic E-state index is 6.11. The molecule has 0 bridgehead atoms. The minimum absolute atomic E-state index is 0.268. The fourth-order valence-corrected chi connectivity index (χ4v) is 6.22. The molecule has 9 heteroatoms. The van der Waals surface area contributed by atoms with Crippen LogP contribution in [0, 0.1) is 0 Å². The van der Waals surface area contributed by atoms with Crippen LogP contribution in [0.15, 0.2) is 65.7 Å². The lowest BCUT2D eigenvalue weighted by atomic mass is 10.2. The van der Waals surface area contributed by atoms with Gasteiger partial charge in [0.2, 0.25) is 6.79 Å². The predicted molar refractivity (Wildman–Crippen MR) is 142 cm³/mol. The summed E-state index contributed by atoms with van der Waals surface area (Å²) in [6.45, 7) is 4.83. The summed E-state index contributed by atoms with van der Waals surface area (Å²) in [6, 6.07) is 14.1. The zero-order valence-electron chi connectivity index (χ0n) is 19.8. The van der Waals surface area contributed by atoms with Gasteiger partial charge in [-0.15, -0.1) is 28.1 Å². The van der Waals surface area contributed by atoms with Gasteiger partial charge in [-0.1, -0.05) is 17.8 Å².